The lowest BCUT2D eigenvalue weighted by molar-refractivity contribution is 0.238. The molecule has 0 bridgehead atoms. The Bertz CT molecular complexity index is 236. The largest absolute Gasteiger partial charge is 0.396 e. The molecule has 0 saturated carbocycles. The van der Waals surface area contributed by atoms with Gasteiger partial charge in [-0.1, -0.05) is 20.8 Å². The number of aliphatic hydroxyl groups is 1. The molecule has 0 aliphatic carbocycles. The fourth-order valence-electron chi connectivity index (χ4n) is 0.797. The molecule has 86 valence electrons. The topological polar surface area (TPSA) is 66.4 Å². The van der Waals surface area contributed by atoms with Crippen LogP contribution in [0.15, 0.2) is 0 Å². The quantitative estimate of drug-likeness (QED) is 0.663. The van der Waals surface area contributed by atoms with Crippen molar-refractivity contribution in [2.45, 2.75) is 27.2 Å². The molecule has 1 unspecified atom stereocenters. The van der Waals surface area contributed by atoms with Crippen molar-refractivity contribution in [3.63, 3.8) is 0 Å². The summed E-state index contributed by atoms with van der Waals surface area (Å²) in [6.07, 6.45) is 0.669. The van der Waals surface area contributed by atoms with E-state index in [1.165, 1.54) is 0 Å². The van der Waals surface area contributed by atoms with E-state index in [0.29, 0.717) is 18.9 Å². The highest BCUT2D eigenvalue weighted by Crippen LogP contribution is 2.02. The lowest BCUT2D eigenvalue weighted by Gasteiger charge is -2.11. The van der Waals surface area contributed by atoms with Crippen molar-refractivity contribution in [3.05, 3.63) is 0 Å². The Balaban J connectivity index is 3.84. The maximum Gasteiger partial charge on any atom is 0.211 e. The lowest BCUT2D eigenvalue weighted by Crippen LogP contribution is -2.31. The zero-order valence-electron chi connectivity index (χ0n) is 9.16. The molecule has 2 N–H and O–H groups in total. The zero-order valence-corrected chi connectivity index (χ0v) is 9.97. The van der Waals surface area contributed by atoms with E-state index in [4.69, 9.17) is 5.11 Å². The van der Waals surface area contributed by atoms with Crippen LogP contribution >= 0.6 is 0 Å². The molecule has 0 fully saturated rings. The minimum absolute atomic E-state index is 0.00665. The summed E-state index contributed by atoms with van der Waals surface area (Å²) >= 11 is 0. The van der Waals surface area contributed by atoms with E-state index < -0.39 is 10.0 Å². The third-order valence-electron chi connectivity index (χ3n) is 1.93. The predicted octanol–water partition coefficient (Wildman–Crippen LogP) is 0.580. The van der Waals surface area contributed by atoms with Crippen LogP contribution in [0.1, 0.15) is 27.2 Å². The van der Waals surface area contributed by atoms with Crippen LogP contribution in [-0.2, 0) is 10.0 Å². The van der Waals surface area contributed by atoms with Crippen LogP contribution in [0.4, 0.5) is 0 Å². The minimum Gasteiger partial charge on any atom is -0.396 e. The van der Waals surface area contributed by atoms with Gasteiger partial charge in [0.1, 0.15) is 0 Å². The van der Waals surface area contributed by atoms with Crippen molar-refractivity contribution < 1.29 is 13.5 Å². The molecule has 0 aromatic heterocycles. The van der Waals surface area contributed by atoms with E-state index in [1.54, 1.807) is 6.92 Å². The summed E-state index contributed by atoms with van der Waals surface area (Å²) in [4.78, 5) is 0. The first-order valence-electron chi connectivity index (χ1n) is 4.95. The second-order valence-corrected chi connectivity index (χ2v) is 6.06. The molecule has 0 spiro atoms. The van der Waals surface area contributed by atoms with Crippen LogP contribution in [0.3, 0.4) is 0 Å². The van der Waals surface area contributed by atoms with Crippen LogP contribution in [0, 0.1) is 11.8 Å². The second-order valence-electron chi connectivity index (χ2n) is 4.14. The molecule has 5 heteroatoms. The number of aliphatic hydroxyl groups excluding tert-OH is 1. The molecule has 0 rings (SSSR count). The number of sulfonamides is 1. The second kappa shape index (κ2) is 6.37. The smallest absolute Gasteiger partial charge is 0.211 e. The van der Waals surface area contributed by atoms with E-state index in [2.05, 4.69) is 4.72 Å². The van der Waals surface area contributed by atoms with Gasteiger partial charge in [0.15, 0.2) is 0 Å². The van der Waals surface area contributed by atoms with Gasteiger partial charge in [0.2, 0.25) is 10.0 Å². The van der Waals surface area contributed by atoms with Crippen LogP contribution in [-0.4, -0.2) is 32.4 Å². The fraction of sp³-hybridized carbons (Fsp3) is 1.00. The van der Waals surface area contributed by atoms with Gasteiger partial charge >= 0.3 is 0 Å². The molecule has 1 atom stereocenters. The third-order valence-corrected chi connectivity index (χ3v) is 3.31. The van der Waals surface area contributed by atoms with Crippen molar-refractivity contribution in [1.29, 1.82) is 0 Å². The van der Waals surface area contributed by atoms with Gasteiger partial charge in [0.25, 0.3) is 0 Å². The molecule has 4 nitrogen and oxygen atoms in total. The number of nitrogens with one attached hydrogen (secondary N) is 1. The van der Waals surface area contributed by atoms with E-state index in [0.717, 1.165) is 0 Å². The highest BCUT2D eigenvalue weighted by Gasteiger charge is 2.12. The molecule has 0 aromatic rings. The van der Waals surface area contributed by atoms with Gasteiger partial charge in [-0.25, -0.2) is 13.1 Å². The van der Waals surface area contributed by atoms with E-state index >= 15 is 0 Å². The molecule has 0 aliphatic heterocycles. The Labute approximate surface area is 86.8 Å². The first-order valence-corrected chi connectivity index (χ1v) is 6.60. The highest BCUT2D eigenvalue weighted by molar-refractivity contribution is 7.89. The van der Waals surface area contributed by atoms with E-state index in [9.17, 15) is 8.42 Å². The van der Waals surface area contributed by atoms with E-state index in [1.807, 2.05) is 13.8 Å². The first-order chi connectivity index (χ1) is 6.37. The summed E-state index contributed by atoms with van der Waals surface area (Å²) in [6, 6.07) is 0. The van der Waals surface area contributed by atoms with Gasteiger partial charge in [-0.2, -0.15) is 0 Å². The van der Waals surface area contributed by atoms with Crippen molar-refractivity contribution in [1.82, 2.24) is 4.72 Å². The Morgan fingerprint density at radius 2 is 1.86 bits per heavy atom. The van der Waals surface area contributed by atoms with Gasteiger partial charge in [-0.15, -0.1) is 0 Å². The molecule has 0 radical (unpaired) electrons. The Morgan fingerprint density at radius 3 is 2.29 bits per heavy atom. The molecule has 14 heavy (non-hydrogen) atoms. The summed E-state index contributed by atoms with van der Waals surface area (Å²) < 4.78 is 25.2. The molecule has 0 aliphatic rings. The van der Waals surface area contributed by atoms with Crippen LogP contribution in [0.25, 0.3) is 0 Å². The van der Waals surface area contributed by atoms with Crippen molar-refractivity contribution in [3.8, 4) is 0 Å². The molecule has 0 amide bonds. The summed E-state index contributed by atoms with van der Waals surface area (Å²) in [5.41, 5.74) is 0. The molecule has 0 saturated heterocycles. The van der Waals surface area contributed by atoms with Crippen molar-refractivity contribution >= 4 is 10.0 Å². The molecule has 0 aromatic carbocycles. The van der Waals surface area contributed by atoms with Gasteiger partial charge in [-0.3, -0.25) is 0 Å². The average molecular weight is 223 g/mol. The first kappa shape index (κ1) is 13.9. The number of hydrogen-bond donors (Lipinski definition) is 2. The standard InChI is InChI=1S/C9H21NO3S/c1-8(2)4-5-14(12,13)10-6-9(3)7-11/h8-11H,4-7H2,1-3H3. The number of rotatable bonds is 7. The predicted molar refractivity (Wildman–Crippen MR) is 57.5 cm³/mol. The van der Waals surface area contributed by atoms with Crippen LogP contribution in [0.5, 0.6) is 0 Å². The summed E-state index contributed by atoms with van der Waals surface area (Å²) in [6.45, 7) is 6.10. The average Bonchev–Trinajstić information content (AvgIpc) is 2.11. The SMILES string of the molecule is CC(C)CCS(=O)(=O)NCC(C)CO. The molecular weight excluding hydrogens is 202 g/mol. The monoisotopic (exact) mass is 223 g/mol. The van der Waals surface area contributed by atoms with Gasteiger partial charge in [0.05, 0.1) is 5.75 Å². The summed E-state index contributed by atoms with van der Waals surface area (Å²) in [5, 5.41) is 8.71. The normalized spacial score (nSPS) is 14.6. The lowest BCUT2D eigenvalue weighted by atomic mass is 10.2. The summed E-state index contributed by atoms with van der Waals surface area (Å²) in [5.74, 6) is 0.536. The summed E-state index contributed by atoms with van der Waals surface area (Å²) in [7, 11) is -3.14. The minimum atomic E-state index is -3.14. The maximum atomic E-state index is 11.4. The Hall–Kier alpha value is -0.130. The Kier molecular flexibility index (Phi) is 6.31. The number of hydrogen-bond acceptors (Lipinski definition) is 3. The van der Waals surface area contributed by atoms with Crippen LogP contribution < -0.4 is 4.72 Å². The van der Waals surface area contributed by atoms with Crippen LogP contribution in [0.2, 0.25) is 0 Å². The Morgan fingerprint density at radius 1 is 1.29 bits per heavy atom. The van der Waals surface area contributed by atoms with E-state index in [-0.39, 0.29) is 18.3 Å². The van der Waals surface area contributed by atoms with Gasteiger partial charge < -0.3 is 5.11 Å². The maximum absolute atomic E-state index is 11.4. The highest BCUT2D eigenvalue weighted by atomic mass is 32.2. The molecular formula is C9H21NO3S. The van der Waals surface area contributed by atoms with Crippen molar-refractivity contribution in [2.75, 3.05) is 18.9 Å². The third kappa shape index (κ3) is 7.29. The van der Waals surface area contributed by atoms with Gasteiger partial charge in [-0.05, 0) is 18.3 Å². The zero-order chi connectivity index (χ0) is 11.2. The fourth-order valence-corrected chi connectivity index (χ4v) is 2.26. The van der Waals surface area contributed by atoms with Crippen molar-refractivity contribution in [2.24, 2.45) is 11.8 Å². The van der Waals surface area contributed by atoms with Gasteiger partial charge in [0, 0.05) is 13.2 Å². The molecule has 0 heterocycles.